The maximum Gasteiger partial charge on any atom is 0.258 e. The Labute approximate surface area is 164 Å². The van der Waals surface area contributed by atoms with Gasteiger partial charge < -0.3 is 10.2 Å². The summed E-state index contributed by atoms with van der Waals surface area (Å²) >= 11 is 0. The molecule has 2 amide bonds. The van der Waals surface area contributed by atoms with Crippen molar-refractivity contribution in [2.45, 2.75) is 72.1 Å². The fourth-order valence-electron chi connectivity index (χ4n) is 3.86. The summed E-state index contributed by atoms with van der Waals surface area (Å²) in [7, 11) is 0. The van der Waals surface area contributed by atoms with Gasteiger partial charge in [0, 0.05) is 37.7 Å². The molecular formula is C20H28N6O2. The SMILES string of the molecule is CCn1nc(C)c(C(=O)N2CCn3nc(CCC(=O)NC4CC4)cc3C2)c1C. The normalized spacial score (nSPS) is 16.2. The van der Waals surface area contributed by atoms with Crippen LogP contribution in [0.1, 0.15) is 59.3 Å². The van der Waals surface area contributed by atoms with Gasteiger partial charge in [0.2, 0.25) is 5.91 Å². The number of fused-ring (bicyclic) bond motifs is 1. The first-order valence-corrected chi connectivity index (χ1v) is 10.1. The van der Waals surface area contributed by atoms with E-state index < -0.39 is 0 Å². The van der Waals surface area contributed by atoms with Crippen LogP contribution in [0.2, 0.25) is 0 Å². The van der Waals surface area contributed by atoms with Crippen LogP contribution in [0.4, 0.5) is 0 Å². The molecule has 150 valence electrons. The summed E-state index contributed by atoms with van der Waals surface area (Å²) in [5.41, 5.74) is 4.36. The molecule has 0 unspecified atom stereocenters. The lowest BCUT2D eigenvalue weighted by atomic mass is 10.1. The summed E-state index contributed by atoms with van der Waals surface area (Å²) in [6.45, 7) is 8.47. The molecule has 8 heteroatoms. The smallest absolute Gasteiger partial charge is 0.258 e. The Balaban J connectivity index is 1.41. The highest BCUT2D eigenvalue weighted by Crippen LogP contribution is 2.21. The molecule has 0 aromatic carbocycles. The van der Waals surface area contributed by atoms with Gasteiger partial charge in [0.1, 0.15) is 0 Å². The molecule has 0 spiro atoms. The minimum Gasteiger partial charge on any atom is -0.353 e. The van der Waals surface area contributed by atoms with Gasteiger partial charge in [-0.3, -0.25) is 19.0 Å². The number of carbonyl (C=O) groups excluding carboxylic acids is 2. The predicted octanol–water partition coefficient (Wildman–Crippen LogP) is 1.58. The first kappa shape index (κ1) is 18.7. The zero-order valence-corrected chi connectivity index (χ0v) is 16.9. The van der Waals surface area contributed by atoms with Crippen molar-refractivity contribution in [3.63, 3.8) is 0 Å². The minimum atomic E-state index is 0.0347. The van der Waals surface area contributed by atoms with Gasteiger partial charge in [0.15, 0.2) is 0 Å². The quantitative estimate of drug-likeness (QED) is 0.819. The lowest BCUT2D eigenvalue weighted by molar-refractivity contribution is -0.121. The molecule has 8 nitrogen and oxygen atoms in total. The van der Waals surface area contributed by atoms with E-state index in [0.717, 1.165) is 42.2 Å². The topological polar surface area (TPSA) is 85.1 Å². The summed E-state index contributed by atoms with van der Waals surface area (Å²) in [4.78, 5) is 26.9. The van der Waals surface area contributed by atoms with Crippen LogP contribution in [-0.2, 0) is 30.8 Å². The third-order valence-corrected chi connectivity index (χ3v) is 5.58. The van der Waals surface area contributed by atoms with Crippen LogP contribution in [0.15, 0.2) is 6.07 Å². The van der Waals surface area contributed by atoms with Crippen molar-refractivity contribution in [3.05, 3.63) is 34.4 Å². The molecule has 0 bridgehead atoms. The lowest BCUT2D eigenvalue weighted by Crippen LogP contribution is -2.38. The van der Waals surface area contributed by atoms with E-state index in [9.17, 15) is 9.59 Å². The number of aryl methyl sites for hydroxylation is 3. The summed E-state index contributed by atoms with van der Waals surface area (Å²) in [5, 5.41) is 12.1. The van der Waals surface area contributed by atoms with Crippen LogP contribution in [0.5, 0.6) is 0 Å². The van der Waals surface area contributed by atoms with Crippen LogP contribution in [0, 0.1) is 13.8 Å². The average molecular weight is 384 g/mol. The van der Waals surface area contributed by atoms with Gasteiger partial charge in [-0.1, -0.05) is 0 Å². The van der Waals surface area contributed by atoms with Gasteiger partial charge in [0.25, 0.3) is 5.91 Å². The highest BCUT2D eigenvalue weighted by Gasteiger charge is 2.28. The first-order chi connectivity index (χ1) is 13.5. The van der Waals surface area contributed by atoms with E-state index in [1.807, 2.05) is 41.1 Å². The zero-order chi connectivity index (χ0) is 19.8. The Morgan fingerprint density at radius 3 is 2.68 bits per heavy atom. The highest BCUT2D eigenvalue weighted by atomic mass is 16.2. The van der Waals surface area contributed by atoms with Crippen molar-refractivity contribution in [2.75, 3.05) is 6.54 Å². The Kier molecular flexibility index (Phi) is 4.95. The molecule has 1 fully saturated rings. The molecule has 2 aromatic rings. The largest absolute Gasteiger partial charge is 0.353 e. The second-order valence-corrected chi connectivity index (χ2v) is 7.78. The van der Waals surface area contributed by atoms with E-state index in [-0.39, 0.29) is 11.8 Å². The second-order valence-electron chi connectivity index (χ2n) is 7.78. The summed E-state index contributed by atoms with van der Waals surface area (Å²) < 4.78 is 3.84. The Hall–Kier alpha value is -2.64. The minimum absolute atomic E-state index is 0.0347. The predicted molar refractivity (Wildman–Crippen MR) is 104 cm³/mol. The Morgan fingerprint density at radius 1 is 1.21 bits per heavy atom. The van der Waals surface area contributed by atoms with Crippen LogP contribution in [0.25, 0.3) is 0 Å². The third kappa shape index (κ3) is 3.68. The molecule has 0 saturated heterocycles. The maximum atomic E-state index is 13.1. The first-order valence-electron chi connectivity index (χ1n) is 10.1. The highest BCUT2D eigenvalue weighted by molar-refractivity contribution is 5.96. The molecule has 2 aromatic heterocycles. The Morgan fingerprint density at radius 2 is 2.00 bits per heavy atom. The number of aromatic nitrogens is 4. The molecule has 1 aliphatic carbocycles. The number of amides is 2. The molecule has 4 rings (SSSR count). The summed E-state index contributed by atoms with van der Waals surface area (Å²) in [6.07, 6.45) is 3.30. The number of hydrogen-bond donors (Lipinski definition) is 1. The van der Waals surface area contributed by atoms with Gasteiger partial charge in [-0.15, -0.1) is 0 Å². The van der Waals surface area contributed by atoms with Gasteiger partial charge in [-0.2, -0.15) is 10.2 Å². The van der Waals surface area contributed by atoms with Crippen LogP contribution in [-0.4, -0.2) is 48.9 Å². The maximum absolute atomic E-state index is 13.1. The molecule has 28 heavy (non-hydrogen) atoms. The molecule has 2 aliphatic rings. The van der Waals surface area contributed by atoms with E-state index in [1.54, 1.807) is 0 Å². The molecule has 1 saturated carbocycles. The van der Waals surface area contributed by atoms with Crippen LogP contribution >= 0.6 is 0 Å². The fraction of sp³-hybridized carbons (Fsp3) is 0.600. The van der Waals surface area contributed by atoms with E-state index >= 15 is 0 Å². The monoisotopic (exact) mass is 384 g/mol. The van der Waals surface area contributed by atoms with Gasteiger partial charge in [0.05, 0.1) is 35.7 Å². The molecule has 3 heterocycles. The molecule has 0 radical (unpaired) electrons. The number of nitrogens with zero attached hydrogens (tertiary/aromatic N) is 5. The zero-order valence-electron chi connectivity index (χ0n) is 16.9. The van der Waals surface area contributed by atoms with Gasteiger partial charge >= 0.3 is 0 Å². The van der Waals surface area contributed by atoms with Crippen molar-refractivity contribution in [3.8, 4) is 0 Å². The number of carbonyl (C=O) groups is 2. The molecule has 1 aliphatic heterocycles. The van der Waals surface area contributed by atoms with Crippen molar-refractivity contribution in [1.29, 1.82) is 0 Å². The van der Waals surface area contributed by atoms with Gasteiger partial charge in [-0.25, -0.2) is 0 Å². The van der Waals surface area contributed by atoms with Crippen molar-refractivity contribution >= 4 is 11.8 Å². The summed E-state index contributed by atoms with van der Waals surface area (Å²) in [6, 6.07) is 2.42. The van der Waals surface area contributed by atoms with Crippen molar-refractivity contribution in [1.82, 2.24) is 29.8 Å². The molecule has 1 N–H and O–H groups in total. The molecule has 0 atom stereocenters. The Bertz CT molecular complexity index is 908. The van der Waals surface area contributed by atoms with Crippen LogP contribution in [0.3, 0.4) is 0 Å². The van der Waals surface area contributed by atoms with Crippen molar-refractivity contribution in [2.24, 2.45) is 0 Å². The van der Waals surface area contributed by atoms with Crippen LogP contribution < -0.4 is 5.32 Å². The van der Waals surface area contributed by atoms with E-state index in [2.05, 4.69) is 15.5 Å². The average Bonchev–Trinajstić information content (AvgIpc) is 3.31. The second kappa shape index (κ2) is 7.41. The number of hydrogen-bond acceptors (Lipinski definition) is 4. The van der Waals surface area contributed by atoms with E-state index in [1.165, 1.54) is 0 Å². The van der Waals surface area contributed by atoms with E-state index in [0.29, 0.717) is 44.1 Å². The number of nitrogens with one attached hydrogen (secondary N) is 1. The fourth-order valence-corrected chi connectivity index (χ4v) is 3.86. The number of rotatable bonds is 6. The van der Waals surface area contributed by atoms with Crippen molar-refractivity contribution < 1.29 is 9.59 Å². The molecular weight excluding hydrogens is 356 g/mol. The summed E-state index contributed by atoms with van der Waals surface area (Å²) in [5.74, 6) is 0.136. The third-order valence-electron chi connectivity index (χ3n) is 5.58. The van der Waals surface area contributed by atoms with Gasteiger partial charge in [-0.05, 0) is 39.7 Å². The standard InChI is InChI=1S/C20H28N6O2/c1-4-25-14(3)19(13(2)22-25)20(28)24-9-10-26-17(12-24)11-16(23-26)7-8-18(27)21-15-5-6-15/h11,15H,4-10,12H2,1-3H3,(H,21,27). The van der Waals surface area contributed by atoms with E-state index in [4.69, 9.17) is 0 Å². The lowest BCUT2D eigenvalue weighted by Gasteiger charge is -2.27.